The molecule has 0 heterocycles. The van der Waals surface area contributed by atoms with Crippen molar-refractivity contribution >= 4 is 17.7 Å². The van der Waals surface area contributed by atoms with Crippen molar-refractivity contribution in [3.63, 3.8) is 0 Å². The van der Waals surface area contributed by atoms with Crippen LogP contribution in [0.2, 0.25) is 0 Å². The summed E-state index contributed by atoms with van der Waals surface area (Å²) in [5, 5.41) is 5.62. The van der Waals surface area contributed by atoms with Crippen molar-refractivity contribution in [1.82, 2.24) is 5.32 Å². The molecule has 0 aliphatic carbocycles. The van der Waals surface area contributed by atoms with Crippen LogP contribution in [-0.4, -0.2) is 24.1 Å². The van der Waals surface area contributed by atoms with Gasteiger partial charge >= 0.3 is 12.0 Å². The summed E-state index contributed by atoms with van der Waals surface area (Å²) in [6.07, 6.45) is 2.80. The van der Waals surface area contributed by atoms with Gasteiger partial charge < -0.3 is 15.4 Å². The Kier molecular flexibility index (Phi) is 7.59. The van der Waals surface area contributed by atoms with E-state index >= 15 is 0 Å². The number of ether oxygens (including phenoxy) is 1. The monoisotopic (exact) mass is 320 g/mol. The molecular formula is C18H28N2O3. The highest BCUT2D eigenvalue weighted by atomic mass is 16.6. The van der Waals surface area contributed by atoms with Crippen LogP contribution in [-0.2, 0) is 16.0 Å². The quantitative estimate of drug-likeness (QED) is 0.592. The van der Waals surface area contributed by atoms with Crippen LogP contribution in [0.3, 0.4) is 0 Å². The van der Waals surface area contributed by atoms with Crippen LogP contribution in [0, 0.1) is 0 Å². The Labute approximate surface area is 138 Å². The van der Waals surface area contributed by atoms with Crippen LogP contribution in [0.5, 0.6) is 0 Å². The van der Waals surface area contributed by atoms with Crippen LogP contribution in [0.15, 0.2) is 24.3 Å². The maximum atomic E-state index is 11.9. The fourth-order valence-electron chi connectivity index (χ4n) is 2.12. The molecule has 2 amide bonds. The van der Waals surface area contributed by atoms with Crippen LogP contribution in [0.1, 0.15) is 52.5 Å². The fraction of sp³-hybridized carbons (Fsp3) is 0.556. The molecule has 0 fully saturated rings. The van der Waals surface area contributed by atoms with E-state index < -0.39 is 5.60 Å². The molecule has 0 aromatic heterocycles. The summed E-state index contributed by atoms with van der Waals surface area (Å²) in [7, 11) is 0. The number of anilines is 1. The first-order valence-electron chi connectivity index (χ1n) is 8.16. The molecule has 0 bridgehead atoms. The zero-order chi connectivity index (χ0) is 17.3. The third-order valence-electron chi connectivity index (χ3n) is 3.05. The van der Waals surface area contributed by atoms with E-state index in [4.69, 9.17) is 4.74 Å². The molecule has 2 N–H and O–H groups in total. The number of esters is 1. The van der Waals surface area contributed by atoms with Gasteiger partial charge in [0.25, 0.3) is 0 Å². The number of benzene rings is 1. The molecule has 0 saturated carbocycles. The normalized spacial score (nSPS) is 11.0. The predicted octanol–water partition coefficient (Wildman–Crippen LogP) is 3.88. The van der Waals surface area contributed by atoms with E-state index in [1.165, 1.54) is 0 Å². The van der Waals surface area contributed by atoms with Gasteiger partial charge in [0.15, 0.2) is 0 Å². The fourth-order valence-corrected chi connectivity index (χ4v) is 2.12. The first-order valence-corrected chi connectivity index (χ1v) is 8.16. The highest BCUT2D eigenvalue weighted by Gasteiger charge is 2.15. The topological polar surface area (TPSA) is 67.4 Å². The number of para-hydroxylation sites is 1. The summed E-state index contributed by atoms with van der Waals surface area (Å²) in [6, 6.07) is 7.52. The Morgan fingerprint density at radius 1 is 1.17 bits per heavy atom. The Morgan fingerprint density at radius 3 is 2.52 bits per heavy atom. The molecule has 1 aromatic carbocycles. The molecule has 0 spiro atoms. The first kappa shape index (κ1) is 19.0. The molecule has 1 rings (SSSR count). The molecule has 0 atom stereocenters. The maximum absolute atomic E-state index is 11.9. The summed E-state index contributed by atoms with van der Waals surface area (Å²) in [6.45, 7) is 8.05. The molecule has 1 aromatic rings. The Hall–Kier alpha value is -2.04. The van der Waals surface area contributed by atoms with E-state index in [1.54, 1.807) is 0 Å². The molecule has 0 unspecified atom stereocenters. The van der Waals surface area contributed by atoms with Crippen molar-refractivity contribution in [3.05, 3.63) is 29.8 Å². The van der Waals surface area contributed by atoms with E-state index in [0.29, 0.717) is 19.4 Å². The van der Waals surface area contributed by atoms with E-state index in [0.717, 1.165) is 24.1 Å². The van der Waals surface area contributed by atoms with Gasteiger partial charge in [-0.2, -0.15) is 0 Å². The molecule has 0 aliphatic rings. The third kappa shape index (κ3) is 8.24. The van der Waals surface area contributed by atoms with E-state index in [1.807, 2.05) is 45.0 Å². The minimum atomic E-state index is -0.467. The van der Waals surface area contributed by atoms with Gasteiger partial charge in [-0.05, 0) is 45.2 Å². The van der Waals surface area contributed by atoms with Gasteiger partial charge in [-0.1, -0.05) is 31.5 Å². The van der Waals surface area contributed by atoms with Crippen LogP contribution < -0.4 is 10.6 Å². The van der Waals surface area contributed by atoms with E-state index in [2.05, 4.69) is 17.6 Å². The second-order valence-corrected chi connectivity index (χ2v) is 6.48. The number of rotatable bonds is 7. The Balaban J connectivity index is 2.31. The lowest BCUT2D eigenvalue weighted by Crippen LogP contribution is -2.30. The number of carbonyl (C=O) groups excluding carboxylic acids is 2. The van der Waals surface area contributed by atoms with Gasteiger partial charge in [0.1, 0.15) is 5.60 Å². The van der Waals surface area contributed by atoms with Crippen LogP contribution in [0.25, 0.3) is 0 Å². The van der Waals surface area contributed by atoms with Crippen molar-refractivity contribution in [1.29, 1.82) is 0 Å². The summed E-state index contributed by atoms with van der Waals surface area (Å²) in [5.74, 6) is -0.243. The second-order valence-electron chi connectivity index (χ2n) is 6.48. The number of urea groups is 1. The molecule has 0 saturated heterocycles. The lowest BCUT2D eigenvalue weighted by atomic mass is 10.1. The van der Waals surface area contributed by atoms with Gasteiger partial charge in [-0.3, -0.25) is 4.79 Å². The SMILES string of the molecule is CCCc1ccccc1NC(=O)NCCCC(=O)OC(C)(C)C. The van der Waals surface area contributed by atoms with Crippen molar-refractivity contribution in [2.75, 3.05) is 11.9 Å². The average molecular weight is 320 g/mol. The lowest BCUT2D eigenvalue weighted by molar-refractivity contribution is -0.154. The van der Waals surface area contributed by atoms with Crippen LogP contribution in [0.4, 0.5) is 10.5 Å². The molecular weight excluding hydrogens is 292 g/mol. The largest absolute Gasteiger partial charge is 0.460 e. The molecule has 0 aliphatic heterocycles. The number of carbonyl (C=O) groups is 2. The first-order chi connectivity index (χ1) is 10.8. The number of hydrogen-bond donors (Lipinski definition) is 2. The average Bonchev–Trinajstić information content (AvgIpc) is 2.44. The number of amides is 2. The van der Waals surface area contributed by atoms with E-state index in [9.17, 15) is 9.59 Å². The highest BCUT2D eigenvalue weighted by Crippen LogP contribution is 2.16. The summed E-state index contributed by atoms with van der Waals surface area (Å²) in [4.78, 5) is 23.5. The Bertz CT molecular complexity index is 521. The summed E-state index contributed by atoms with van der Waals surface area (Å²) >= 11 is 0. The smallest absolute Gasteiger partial charge is 0.319 e. The maximum Gasteiger partial charge on any atom is 0.319 e. The van der Waals surface area contributed by atoms with Gasteiger partial charge in [-0.15, -0.1) is 0 Å². The van der Waals surface area contributed by atoms with E-state index in [-0.39, 0.29) is 12.0 Å². The minimum absolute atomic E-state index is 0.243. The van der Waals surface area contributed by atoms with Gasteiger partial charge in [0.05, 0.1) is 0 Å². The third-order valence-corrected chi connectivity index (χ3v) is 3.05. The minimum Gasteiger partial charge on any atom is -0.460 e. The summed E-state index contributed by atoms with van der Waals surface area (Å²) < 4.78 is 5.22. The van der Waals surface area contributed by atoms with Gasteiger partial charge in [0.2, 0.25) is 0 Å². The van der Waals surface area contributed by atoms with Crippen molar-refractivity contribution in [2.45, 2.75) is 59.0 Å². The number of hydrogen-bond acceptors (Lipinski definition) is 3. The van der Waals surface area contributed by atoms with Crippen LogP contribution >= 0.6 is 0 Å². The molecule has 5 nitrogen and oxygen atoms in total. The molecule has 23 heavy (non-hydrogen) atoms. The molecule has 0 radical (unpaired) electrons. The predicted molar refractivity (Wildman–Crippen MR) is 92.5 cm³/mol. The highest BCUT2D eigenvalue weighted by molar-refractivity contribution is 5.90. The molecule has 5 heteroatoms. The van der Waals surface area contributed by atoms with Crippen molar-refractivity contribution < 1.29 is 14.3 Å². The second kappa shape index (κ2) is 9.18. The standard InChI is InChI=1S/C18H28N2O3/c1-5-9-14-10-6-7-11-15(14)20-17(22)19-13-8-12-16(21)23-18(2,3)4/h6-7,10-11H,5,8-9,12-13H2,1-4H3,(H2,19,20,22). The van der Waals surface area contributed by atoms with Gasteiger partial charge in [-0.25, -0.2) is 4.79 Å². The van der Waals surface area contributed by atoms with Crippen molar-refractivity contribution in [2.24, 2.45) is 0 Å². The number of aryl methyl sites for hydroxylation is 1. The zero-order valence-electron chi connectivity index (χ0n) is 14.6. The molecule has 128 valence electrons. The van der Waals surface area contributed by atoms with Gasteiger partial charge in [0, 0.05) is 18.7 Å². The Morgan fingerprint density at radius 2 is 1.87 bits per heavy atom. The van der Waals surface area contributed by atoms with Crippen molar-refractivity contribution in [3.8, 4) is 0 Å². The number of nitrogens with one attached hydrogen (secondary N) is 2. The summed E-state index contributed by atoms with van der Waals surface area (Å²) in [5.41, 5.74) is 1.49. The zero-order valence-corrected chi connectivity index (χ0v) is 14.6. The lowest BCUT2D eigenvalue weighted by Gasteiger charge is -2.19.